The van der Waals surface area contributed by atoms with Crippen LogP contribution in [0.25, 0.3) is 22.0 Å². The molecule has 4 nitrogen and oxygen atoms in total. The molecule has 19 heavy (non-hydrogen) atoms. The molecule has 0 saturated heterocycles. The summed E-state index contributed by atoms with van der Waals surface area (Å²) >= 11 is 0. The Balaban J connectivity index is 2.20. The number of nitro groups is 1. The van der Waals surface area contributed by atoms with Gasteiger partial charge in [0.1, 0.15) is 5.52 Å². The molecule has 92 valence electrons. The molecule has 0 aliphatic heterocycles. The number of nitro benzene ring substituents is 1. The second-order valence-corrected chi connectivity index (χ2v) is 4.20. The van der Waals surface area contributed by atoms with Gasteiger partial charge in [0.2, 0.25) is 0 Å². The van der Waals surface area contributed by atoms with E-state index in [0.717, 1.165) is 16.5 Å². The van der Waals surface area contributed by atoms with Gasteiger partial charge in [-0.1, -0.05) is 42.5 Å². The molecule has 3 rings (SSSR count). The van der Waals surface area contributed by atoms with Crippen LogP contribution in [-0.4, -0.2) is 9.91 Å². The van der Waals surface area contributed by atoms with Crippen LogP contribution in [0.1, 0.15) is 0 Å². The van der Waals surface area contributed by atoms with Crippen LogP contribution in [-0.2, 0) is 0 Å². The minimum atomic E-state index is -0.405. The highest BCUT2D eigenvalue weighted by atomic mass is 16.6. The van der Waals surface area contributed by atoms with Crippen molar-refractivity contribution in [3.8, 4) is 11.1 Å². The molecule has 0 unspecified atom stereocenters. The molecule has 0 aliphatic rings. The summed E-state index contributed by atoms with van der Waals surface area (Å²) in [4.78, 5) is 14.8. The number of para-hydroxylation sites is 1. The Bertz CT molecular complexity index is 754. The van der Waals surface area contributed by atoms with Crippen molar-refractivity contribution in [2.45, 2.75) is 0 Å². The van der Waals surface area contributed by atoms with Crippen molar-refractivity contribution in [3.05, 3.63) is 70.9 Å². The molecule has 0 saturated carbocycles. The second kappa shape index (κ2) is 4.49. The van der Waals surface area contributed by atoms with E-state index in [1.165, 1.54) is 6.07 Å². The Morgan fingerprint density at radius 3 is 2.47 bits per heavy atom. The third-order valence-electron chi connectivity index (χ3n) is 2.99. The Labute approximate surface area is 109 Å². The van der Waals surface area contributed by atoms with Crippen molar-refractivity contribution < 1.29 is 4.92 Å². The summed E-state index contributed by atoms with van der Waals surface area (Å²) in [6.07, 6.45) is 1.67. The van der Waals surface area contributed by atoms with E-state index >= 15 is 0 Å². The van der Waals surface area contributed by atoms with Gasteiger partial charge in [0.15, 0.2) is 0 Å². The normalized spacial score (nSPS) is 10.5. The fourth-order valence-corrected chi connectivity index (χ4v) is 2.08. The lowest BCUT2D eigenvalue weighted by Gasteiger charge is -2.03. The van der Waals surface area contributed by atoms with Gasteiger partial charge in [-0.25, -0.2) is 4.98 Å². The summed E-state index contributed by atoms with van der Waals surface area (Å²) < 4.78 is 0. The fourth-order valence-electron chi connectivity index (χ4n) is 2.08. The lowest BCUT2D eigenvalue weighted by atomic mass is 10.1. The second-order valence-electron chi connectivity index (χ2n) is 4.20. The van der Waals surface area contributed by atoms with Gasteiger partial charge < -0.3 is 0 Å². The zero-order valence-corrected chi connectivity index (χ0v) is 9.98. The van der Waals surface area contributed by atoms with Crippen molar-refractivity contribution in [2.24, 2.45) is 0 Å². The van der Waals surface area contributed by atoms with Gasteiger partial charge in [0.25, 0.3) is 5.69 Å². The molecule has 0 bridgehead atoms. The van der Waals surface area contributed by atoms with Gasteiger partial charge in [0, 0.05) is 23.2 Å². The number of hydrogen-bond donors (Lipinski definition) is 0. The monoisotopic (exact) mass is 250 g/mol. The molecular formula is C15H10N2O2. The molecule has 0 fully saturated rings. The van der Waals surface area contributed by atoms with Gasteiger partial charge in [-0.3, -0.25) is 10.1 Å². The van der Waals surface area contributed by atoms with Gasteiger partial charge >= 0.3 is 0 Å². The molecule has 1 aromatic heterocycles. The quantitative estimate of drug-likeness (QED) is 0.513. The topological polar surface area (TPSA) is 56.0 Å². The number of benzene rings is 2. The standard InChI is InChI=1S/C15H10N2O2/c18-17(19)14-8-4-7-12-9-13(10-16-15(12)14)11-5-2-1-3-6-11/h1-10H. The predicted molar refractivity (Wildman–Crippen MR) is 73.8 cm³/mol. The molecule has 2 aromatic carbocycles. The summed E-state index contributed by atoms with van der Waals surface area (Å²) in [7, 11) is 0. The van der Waals surface area contributed by atoms with E-state index in [0.29, 0.717) is 5.52 Å². The van der Waals surface area contributed by atoms with E-state index in [4.69, 9.17) is 0 Å². The van der Waals surface area contributed by atoms with Crippen LogP contribution in [0, 0.1) is 10.1 Å². The number of fused-ring (bicyclic) bond motifs is 1. The average molecular weight is 250 g/mol. The first-order valence-electron chi connectivity index (χ1n) is 5.84. The fraction of sp³-hybridized carbons (Fsp3) is 0. The third kappa shape index (κ3) is 2.04. The lowest BCUT2D eigenvalue weighted by molar-refractivity contribution is -0.383. The van der Waals surface area contributed by atoms with Crippen molar-refractivity contribution in [2.75, 3.05) is 0 Å². The van der Waals surface area contributed by atoms with E-state index in [-0.39, 0.29) is 5.69 Å². The Morgan fingerprint density at radius 1 is 0.947 bits per heavy atom. The molecule has 0 spiro atoms. The van der Waals surface area contributed by atoms with Crippen LogP contribution < -0.4 is 0 Å². The molecule has 1 heterocycles. The first kappa shape index (κ1) is 11.3. The highest BCUT2D eigenvalue weighted by Gasteiger charge is 2.12. The van der Waals surface area contributed by atoms with Crippen LogP contribution in [0.5, 0.6) is 0 Å². The molecule has 0 aliphatic carbocycles. The number of rotatable bonds is 2. The Kier molecular flexibility index (Phi) is 2.68. The van der Waals surface area contributed by atoms with Gasteiger partial charge in [0.05, 0.1) is 4.92 Å². The minimum absolute atomic E-state index is 0.0390. The molecule has 0 atom stereocenters. The largest absolute Gasteiger partial charge is 0.295 e. The van der Waals surface area contributed by atoms with E-state index < -0.39 is 4.92 Å². The highest BCUT2D eigenvalue weighted by molar-refractivity contribution is 5.89. The molecule has 0 amide bonds. The summed E-state index contributed by atoms with van der Waals surface area (Å²) in [6.45, 7) is 0. The van der Waals surface area contributed by atoms with Gasteiger partial charge in [-0.2, -0.15) is 0 Å². The van der Waals surface area contributed by atoms with Crippen molar-refractivity contribution >= 4 is 16.6 Å². The predicted octanol–water partition coefficient (Wildman–Crippen LogP) is 3.81. The summed E-state index contributed by atoms with van der Waals surface area (Å²) in [5.74, 6) is 0. The van der Waals surface area contributed by atoms with E-state index in [1.807, 2.05) is 42.5 Å². The van der Waals surface area contributed by atoms with Crippen molar-refractivity contribution in [1.82, 2.24) is 4.98 Å². The van der Waals surface area contributed by atoms with Crippen LogP contribution in [0.2, 0.25) is 0 Å². The molecule has 0 radical (unpaired) electrons. The minimum Gasteiger partial charge on any atom is -0.258 e. The van der Waals surface area contributed by atoms with E-state index in [1.54, 1.807) is 12.3 Å². The number of pyridine rings is 1. The highest BCUT2D eigenvalue weighted by Crippen LogP contribution is 2.27. The van der Waals surface area contributed by atoms with Crippen LogP contribution in [0.4, 0.5) is 5.69 Å². The maximum atomic E-state index is 10.9. The first-order chi connectivity index (χ1) is 9.25. The summed E-state index contributed by atoms with van der Waals surface area (Å²) in [5, 5.41) is 11.7. The number of hydrogen-bond acceptors (Lipinski definition) is 3. The number of aromatic nitrogens is 1. The average Bonchev–Trinajstić information content (AvgIpc) is 2.47. The Hall–Kier alpha value is -2.75. The number of nitrogens with zero attached hydrogens (tertiary/aromatic N) is 2. The van der Waals surface area contributed by atoms with E-state index in [2.05, 4.69) is 4.98 Å². The Morgan fingerprint density at radius 2 is 1.74 bits per heavy atom. The molecule has 3 aromatic rings. The smallest absolute Gasteiger partial charge is 0.258 e. The van der Waals surface area contributed by atoms with E-state index in [9.17, 15) is 10.1 Å². The molecule has 0 N–H and O–H groups in total. The van der Waals surface area contributed by atoms with Crippen LogP contribution in [0.3, 0.4) is 0 Å². The molecule has 4 heteroatoms. The molecular weight excluding hydrogens is 240 g/mol. The van der Waals surface area contributed by atoms with Crippen molar-refractivity contribution in [3.63, 3.8) is 0 Å². The van der Waals surface area contributed by atoms with Gasteiger partial charge in [-0.15, -0.1) is 0 Å². The number of non-ortho nitro benzene ring substituents is 1. The lowest BCUT2D eigenvalue weighted by Crippen LogP contribution is -1.91. The summed E-state index contributed by atoms with van der Waals surface area (Å²) in [5.41, 5.74) is 2.46. The zero-order valence-electron chi connectivity index (χ0n) is 9.98. The van der Waals surface area contributed by atoms with Crippen LogP contribution >= 0.6 is 0 Å². The maximum absolute atomic E-state index is 10.9. The summed E-state index contributed by atoms with van der Waals surface area (Å²) in [6, 6.07) is 16.7. The third-order valence-corrected chi connectivity index (χ3v) is 2.99. The van der Waals surface area contributed by atoms with Crippen LogP contribution in [0.15, 0.2) is 60.8 Å². The SMILES string of the molecule is O=[N+]([O-])c1cccc2cc(-c3ccccc3)cnc12. The first-order valence-corrected chi connectivity index (χ1v) is 5.84. The van der Waals surface area contributed by atoms with Crippen molar-refractivity contribution in [1.29, 1.82) is 0 Å². The van der Waals surface area contributed by atoms with Gasteiger partial charge in [-0.05, 0) is 11.6 Å². The maximum Gasteiger partial charge on any atom is 0.295 e. The zero-order chi connectivity index (χ0) is 13.2.